The fourth-order valence-corrected chi connectivity index (χ4v) is 3.32. The fraction of sp³-hybridized carbons (Fsp3) is 0.227. The quantitative estimate of drug-likeness (QED) is 0.626. The Hall–Kier alpha value is -2.41. The molecule has 1 aliphatic rings. The third kappa shape index (κ3) is 3.50. The zero-order valence-corrected chi connectivity index (χ0v) is 13.5. The van der Waals surface area contributed by atoms with Gasteiger partial charge in [-0.3, -0.25) is 4.79 Å². The summed E-state index contributed by atoms with van der Waals surface area (Å²) in [5, 5.41) is 0. The van der Waals surface area contributed by atoms with Crippen LogP contribution in [0.15, 0.2) is 78.4 Å². The molecule has 1 atom stereocenters. The maximum atomic E-state index is 12.3. The lowest BCUT2D eigenvalue weighted by molar-refractivity contribution is 0.0982. The van der Waals surface area contributed by atoms with Crippen molar-refractivity contribution in [3.8, 4) is 0 Å². The van der Waals surface area contributed by atoms with Crippen molar-refractivity contribution in [2.24, 2.45) is 5.92 Å². The van der Waals surface area contributed by atoms with Crippen molar-refractivity contribution in [1.29, 1.82) is 0 Å². The van der Waals surface area contributed by atoms with Crippen molar-refractivity contribution in [3.05, 3.63) is 89.5 Å². The van der Waals surface area contributed by atoms with E-state index < -0.39 is 0 Å². The molecule has 2 aromatic rings. The molecule has 0 heterocycles. The molecule has 23 heavy (non-hydrogen) atoms. The second kappa shape index (κ2) is 7.23. The number of allylic oxidation sites excluding steroid dienone is 4. The molecule has 1 heteroatoms. The smallest absolute Gasteiger partial charge is 0.163 e. The molecule has 0 saturated carbocycles. The standard InChI is InChI=1S/C22H22O/c1-2-20-18(13-15-21(20)17-9-5-3-6-10-17)14-16-22(23)19-11-7-4-8-12-19/h3-13,15,20H,2,14,16H2,1H3. The molecule has 0 aliphatic heterocycles. The van der Waals surface area contributed by atoms with Crippen LogP contribution < -0.4 is 0 Å². The van der Waals surface area contributed by atoms with Gasteiger partial charge in [-0.15, -0.1) is 0 Å². The van der Waals surface area contributed by atoms with Gasteiger partial charge in [-0.1, -0.05) is 85.3 Å². The highest BCUT2D eigenvalue weighted by atomic mass is 16.1. The lowest BCUT2D eigenvalue weighted by atomic mass is 9.86. The molecule has 0 fully saturated rings. The third-order valence-electron chi connectivity index (χ3n) is 4.55. The van der Waals surface area contributed by atoms with Crippen LogP contribution >= 0.6 is 0 Å². The molecule has 2 aromatic carbocycles. The van der Waals surface area contributed by atoms with E-state index in [9.17, 15) is 4.79 Å². The summed E-state index contributed by atoms with van der Waals surface area (Å²) in [6.45, 7) is 2.22. The summed E-state index contributed by atoms with van der Waals surface area (Å²) < 4.78 is 0. The van der Waals surface area contributed by atoms with Gasteiger partial charge in [0.1, 0.15) is 0 Å². The Labute approximate surface area is 138 Å². The minimum atomic E-state index is 0.231. The average Bonchev–Trinajstić information content (AvgIpc) is 3.04. The Balaban J connectivity index is 1.65. The summed E-state index contributed by atoms with van der Waals surface area (Å²) in [7, 11) is 0. The molecule has 1 unspecified atom stereocenters. The molecular formula is C22H22O. The SMILES string of the molecule is CCC1C(CCC(=O)c2ccccc2)=CC=C1c1ccccc1. The van der Waals surface area contributed by atoms with Gasteiger partial charge in [0.15, 0.2) is 5.78 Å². The van der Waals surface area contributed by atoms with Crippen LogP contribution in [0.25, 0.3) is 5.57 Å². The lowest BCUT2D eigenvalue weighted by Crippen LogP contribution is -2.05. The first-order valence-corrected chi connectivity index (χ1v) is 8.34. The minimum absolute atomic E-state index is 0.231. The van der Waals surface area contributed by atoms with Crippen molar-refractivity contribution < 1.29 is 4.79 Å². The third-order valence-corrected chi connectivity index (χ3v) is 4.55. The zero-order valence-electron chi connectivity index (χ0n) is 13.5. The Bertz CT molecular complexity index is 723. The molecular weight excluding hydrogens is 280 g/mol. The number of Topliss-reactive ketones (excluding diaryl/α,β-unsaturated/α-hetero) is 1. The Morgan fingerprint density at radius 3 is 2.22 bits per heavy atom. The van der Waals surface area contributed by atoms with E-state index in [1.165, 1.54) is 16.7 Å². The molecule has 116 valence electrons. The monoisotopic (exact) mass is 302 g/mol. The van der Waals surface area contributed by atoms with Crippen molar-refractivity contribution in [1.82, 2.24) is 0 Å². The second-order valence-corrected chi connectivity index (χ2v) is 5.98. The van der Waals surface area contributed by atoms with E-state index >= 15 is 0 Å². The highest BCUT2D eigenvalue weighted by Crippen LogP contribution is 2.38. The Kier molecular flexibility index (Phi) is 4.87. The fourth-order valence-electron chi connectivity index (χ4n) is 3.32. The van der Waals surface area contributed by atoms with Crippen LogP contribution in [0, 0.1) is 5.92 Å². The van der Waals surface area contributed by atoms with Crippen LogP contribution in [-0.2, 0) is 0 Å². The molecule has 3 rings (SSSR count). The van der Waals surface area contributed by atoms with Crippen molar-refractivity contribution in [2.75, 3.05) is 0 Å². The van der Waals surface area contributed by atoms with Crippen LogP contribution in [-0.4, -0.2) is 5.78 Å². The van der Waals surface area contributed by atoms with Crippen LogP contribution in [0.2, 0.25) is 0 Å². The predicted molar refractivity (Wildman–Crippen MR) is 96.3 cm³/mol. The Morgan fingerprint density at radius 2 is 1.57 bits per heavy atom. The van der Waals surface area contributed by atoms with Gasteiger partial charge in [0.25, 0.3) is 0 Å². The van der Waals surface area contributed by atoms with Gasteiger partial charge in [-0.2, -0.15) is 0 Å². The average molecular weight is 302 g/mol. The topological polar surface area (TPSA) is 17.1 Å². The number of carbonyl (C=O) groups excluding carboxylic acids is 1. The number of hydrogen-bond donors (Lipinski definition) is 0. The minimum Gasteiger partial charge on any atom is -0.294 e. The zero-order chi connectivity index (χ0) is 16.1. The van der Waals surface area contributed by atoms with Crippen molar-refractivity contribution in [3.63, 3.8) is 0 Å². The molecule has 0 radical (unpaired) electrons. The first kappa shape index (κ1) is 15.5. The Morgan fingerprint density at radius 1 is 0.913 bits per heavy atom. The van der Waals surface area contributed by atoms with Gasteiger partial charge in [-0.25, -0.2) is 0 Å². The summed E-state index contributed by atoms with van der Waals surface area (Å²) in [6.07, 6.45) is 6.95. The van der Waals surface area contributed by atoms with Crippen molar-refractivity contribution >= 4 is 11.4 Å². The number of ketones is 1. The molecule has 0 saturated heterocycles. The number of benzene rings is 2. The molecule has 0 spiro atoms. The van der Waals surface area contributed by atoms with E-state index in [1.807, 2.05) is 36.4 Å². The molecule has 1 nitrogen and oxygen atoms in total. The van der Waals surface area contributed by atoms with Gasteiger partial charge < -0.3 is 0 Å². The summed E-state index contributed by atoms with van der Waals surface area (Å²) in [5.41, 5.74) is 4.88. The molecule has 0 bridgehead atoms. The normalized spacial score (nSPS) is 16.8. The number of carbonyl (C=O) groups is 1. The second-order valence-electron chi connectivity index (χ2n) is 5.98. The van der Waals surface area contributed by atoms with Gasteiger partial charge in [0.05, 0.1) is 0 Å². The van der Waals surface area contributed by atoms with Gasteiger partial charge in [0.2, 0.25) is 0 Å². The van der Waals surface area contributed by atoms with Crippen molar-refractivity contribution in [2.45, 2.75) is 26.2 Å². The first-order valence-electron chi connectivity index (χ1n) is 8.34. The van der Waals surface area contributed by atoms with E-state index in [4.69, 9.17) is 0 Å². The summed E-state index contributed by atoms with van der Waals surface area (Å²) in [6, 6.07) is 20.1. The van der Waals surface area contributed by atoms with Crippen LogP contribution in [0.5, 0.6) is 0 Å². The van der Waals surface area contributed by atoms with Gasteiger partial charge >= 0.3 is 0 Å². The lowest BCUT2D eigenvalue weighted by Gasteiger charge is -2.18. The van der Waals surface area contributed by atoms with Crippen LogP contribution in [0.3, 0.4) is 0 Å². The molecule has 0 amide bonds. The van der Waals surface area contributed by atoms with E-state index in [2.05, 4.69) is 43.3 Å². The number of rotatable bonds is 6. The van der Waals surface area contributed by atoms with Crippen LogP contribution in [0.1, 0.15) is 42.1 Å². The summed E-state index contributed by atoms with van der Waals surface area (Å²) in [5.74, 6) is 0.676. The highest BCUT2D eigenvalue weighted by molar-refractivity contribution is 5.96. The summed E-state index contributed by atoms with van der Waals surface area (Å²) in [4.78, 5) is 12.3. The van der Waals surface area contributed by atoms with Gasteiger partial charge in [0, 0.05) is 17.9 Å². The van der Waals surface area contributed by atoms with Gasteiger partial charge in [-0.05, 0) is 24.0 Å². The molecule has 0 N–H and O–H groups in total. The molecule has 1 aliphatic carbocycles. The highest BCUT2D eigenvalue weighted by Gasteiger charge is 2.22. The predicted octanol–water partition coefficient (Wildman–Crippen LogP) is 5.70. The van der Waals surface area contributed by atoms with E-state index in [0.717, 1.165) is 18.4 Å². The number of hydrogen-bond acceptors (Lipinski definition) is 1. The largest absolute Gasteiger partial charge is 0.294 e. The maximum absolute atomic E-state index is 12.3. The van der Waals surface area contributed by atoms with E-state index in [0.29, 0.717) is 12.3 Å². The molecule has 0 aromatic heterocycles. The maximum Gasteiger partial charge on any atom is 0.163 e. The first-order chi connectivity index (χ1) is 11.3. The summed E-state index contributed by atoms with van der Waals surface area (Å²) >= 11 is 0. The van der Waals surface area contributed by atoms with E-state index in [1.54, 1.807) is 0 Å². The van der Waals surface area contributed by atoms with E-state index in [-0.39, 0.29) is 5.78 Å². The van der Waals surface area contributed by atoms with Crippen LogP contribution in [0.4, 0.5) is 0 Å².